The van der Waals surface area contributed by atoms with Crippen molar-refractivity contribution in [3.8, 4) is 0 Å². The second-order valence-corrected chi connectivity index (χ2v) is 5.58. The standard InChI is InChI=1S/C15H17NO4.C2H6/c1-15(2,3)20-14(19)11-8-16(9-13(17)18)12-7-5-4-6-10(11)12;1-2/h4-8H,9H2,1-3H3,(H,17,18);1-2H3. The Labute approximate surface area is 130 Å². The van der Waals surface area contributed by atoms with Crippen LogP contribution in [0.15, 0.2) is 30.5 Å². The number of benzene rings is 1. The van der Waals surface area contributed by atoms with Gasteiger partial charge in [0, 0.05) is 17.1 Å². The van der Waals surface area contributed by atoms with E-state index in [1.165, 1.54) is 10.8 Å². The van der Waals surface area contributed by atoms with Crippen molar-refractivity contribution in [2.75, 3.05) is 0 Å². The summed E-state index contributed by atoms with van der Waals surface area (Å²) < 4.78 is 6.89. The van der Waals surface area contributed by atoms with Crippen LogP contribution in [0.4, 0.5) is 0 Å². The Bertz CT molecular complexity index is 665. The van der Waals surface area contributed by atoms with Gasteiger partial charge in [-0.2, -0.15) is 0 Å². The number of fused-ring (bicyclic) bond motifs is 1. The Morgan fingerprint density at radius 2 is 1.77 bits per heavy atom. The molecule has 0 unspecified atom stereocenters. The number of hydrogen-bond acceptors (Lipinski definition) is 3. The lowest BCUT2D eigenvalue weighted by atomic mass is 10.1. The molecule has 1 aromatic heterocycles. The summed E-state index contributed by atoms with van der Waals surface area (Å²) in [4.78, 5) is 23.1. The summed E-state index contributed by atoms with van der Waals surface area (Å²) in [6.45, 7) is 9.19. The van der Waals surface area contributed by atoms with E-state index in [0.29, 0.717) is 16.5 Å². The Kier molecular flexibility index (Phi) is 5.74. The molecule has 0 bridgehead atoms. The molecule has 0 amide bonds. The van der Waals surface area contributed by atoms with Gasteiger partial charge in [-0.1, -0.05) is 32.0 Å². The van der Waals surface area contributed by atoms with Gasteiger partial charge in [-0.25, -0.2) is 4.79 Å². The van der Waals surface area contributed by atoms with Gasteiger partial charge in [-0.3, -0.25) is 4.79 Å². The summed E-state index contributed by atoms with van der Waals surface area (Å²) in [7, 11) is 0. The zero-order valence-electron chi connectivity index (χ0n) is 13.7. The molecule has 22 heavy (non-hydrogen) atoms. The molecular weight excluding hydrogens is 282 g/mol. The van der Waals surface area contributed by atoms with Crippen LogP contribution in [0, 0.1) is 0 Å². The lowest BCUT2D eigenvalue weighted by Gasteiger charge is -2.19. The largest absolute Gasteiger partial charge is 0.480 e. The van der Waals surface area contributed by atoms with Crippen molar-refractivity contribution in [2.45, 2.75) is 46.8 Å². The molecule has 0 aliphatic carbocycles. The van der Waals surface area contributed by atoms with E-state index in [9.17, 15) is 9.59 Å². The van der Waals surface area contributed by atoms with E-state index in [-0.39, 0.29) is 6.54 Å². The van der Waals surface area contributed by atoms with Gasteiger partial charge in [0.15, 0.2) is 0 Å². The number of ether oxygens (including phenoxy) is 1. The van der Waals surface area contributed by atoms with E-state index < -0.39 is 17.5 Å². The minimum Gasteiger partial charge on any atom is -0.480 e. The third kappa shape index (κ3) is 4.35. The highest BCUT2D eigenvalue weighted by Crippen LogP contribution is 2.23. The van der Waals surface area contributed by atoms with E-state index in [0.717, 1.165) is 0 Å². The van der Waals surface area contributed by atoms with E-state index in [1.807, 2.05) is 13.8 Å². The van der Waals surface area contributed by atoms with Gasteiger partial charge in [-0.15, -0.1) is 0 Å². The number of aromatic nitrogens is 1. The smallest absolute Gasteiger partial charge is 0.340 e. The third-order valence-corrected chi connectivity index (χ3v) is 2.71. The molecule has 0 aliphatic heterocycles. The Balaban J connectivity index is 0.00000116. The Hall–Kier alpha value is -2.30. The molecule has 1 heterocycles. The number of carboxylic acids is 1. The number of rotatable bonds is 3. The zero-order valence-corrected chi connectivity index (χ0v) is 13.7. The van der Waals surface area contributed by atoms with Gasteiger partial charge in [0.2, 0.25) is 0 Å². The maximum atomic E-state index is 12.2. The van der Waals surface area contributed by atoms with Crippen molar-refractivity contribution in [3.05, 3.63) is 36.0 Å². The van der Waals surface area contributed by atoms with E-state index in [4.69, 9.17) is 9.84 Å². The average Bonchev–Trinajstić information content (AvgIpc) is 2.78. The molecule has 0 atom stereocenters. The lowest BCUT2D eigenvalue weighted by molar-refractivity contribution is -0.137. The number of carboxylic acid groups (broad SMARTS) is 1. The van der Waals surface area contributed by atoms with Crippen molar-refractivity contribution in [3.63, 3.8) is 0 Å². The predicted octanol–water partition coefficient (Wildman–Crippen LogP) is 3.71. The number of nitrogens with zero attached hydrogens (tertiary/aromatic N) is 1. The molecule has 2 aromatic rings. The molecule has 0 saturated carbocycles. The highest BCUT2D eigenvalue weighted by Gasteiger charge is 2.22. The number of aliphatic carboxylic acids is 1. The van der Waals surface area contributed by atoms with Crippen LogP contribution in [0.5, 0.6) is 0 Å². The number of carbonyl (C=O) groups is 2. The van der Waals surface area contributed by atoms with Crippen LogP contribution in [0.1, 0.15) is 45.0 Å². The van der Waals surface area contributed by atoms with Crippen LogP contribution in [-0.4, -0.2) is 27.2 Å². The fraction of sp³-hybridized carbons (Fsp3) is 0.412. The van der Waals surface area contributed by atoms with Crippen LogP contribution < -0.4 is 0 Å². The first-order valence-corrected chi connectivity index (χ1v) is 7.31. The van der Waals surface area contributed by atoms with Gasteiger partial charge in [-0.05, 0) is 26.8 Å². The second-order valence-electron chi connectivity index (χ2n) is 5.58. The first-order chi connectivity index (χ1) is 10.3. The average molecular weight is 305 g/mol. The van der Waals surface area contributed by atoms with Crippen molar-refractivity contribution in [2.24, 2.45) is 0 Å². The summed E-state index contributed by atoms with van der Waals surface area (Å²) in [5.74, 6) is -1.40. The van der Waals surface area contributed by atoms with Gasteiger partial charge < -0.3 is 14.4 Å². The molecular formula is C17H23NO4. The van der Waals surface area contributed by atoms with Crippen molar-refractivity contribution in [1.29, 1.82) is 0 Å². The summed E-state index contributed by atoms with van der Waals surface area (Å²) in [6, 6.07) is 7.18. The zero-order chi connectivity index (χ0) is 16.9. The second kappa shape index (κ2) is 7.11. The molecule has 0 aliphatic rings. The van der Waals surface area contributed by atoms with E-state index in [1.54, 1.807) is 45.0 Å². The maximum Gasteiger partial charge on any atom is 0.340 e. The normalized spacial score (nSPS) is 10.8. The van der Waals surface area contributed by atoms with Gasteiger partial charge in [0.25, 0.3) is 0 Å². The molecule has 5 nitrogen and oxygen atoms in total. The van der Waals surface area contributed by atoms with Crippen LogP contribution in [0.3, 0.4) is 0 Å². The van der Waals surface area contributed by atoms with Crippen molar-refractivity contribution in [1.82, 2.24) is 4.57 Å². The van der Waals surface area contributed by atoms with Crippen molar-refractivity contribution < 1.29 is 19.4 Å². The maximum absolute atomic E-state index is 12.2. The fourth-order valence-corrected chi connectivity index (χ4v) is 2.02. The first kappa shape index (κ1) is 17.8. The molecule has 1 aromatic carbocycles. The molecule has 1 N–H and O–H groups in total. The van der Waals surface area contributed by atoms with Crippen molar-refractivity contribution >= 4 is 22.8 Å². The fourth-order valence-electron chi connectivity index (χ4n) is 2.02. The van der Waals surface area contributed by atoms with E-state index in [2.05, 4.69) is 0 Å². The van der Waals surface area contributed by atoms with Crippen LogP contribution in [0.2, 0.25) is 0 Å². The lowest BCUT2D eigenvalue weighted by Crippen LogP contribution is -2.23. The minimum absolute atomic E-state index is 0.191. The monoisotopic (exact) mass is 305 g/mol. The molecule has 0 saturated heterocycles. The number of carbonyl (C=O) groups excluding carboxylic acids is 1. The number of esters is 1. The van der Waals surface area contributed by atoms with Gasteiger partial charge >= 0.3 is 11.9 Å². The third-order valence-electron chi connectivity index (χ3n) is 2.71. The van der Waals surface area contributed by atoms with Gasteiger partial charge in [0.05, 0.1) is 5.56 Å². The quantitative estimate of drug-likeness (QED) is 0.878. The SMILES string of the molecule is CC.CC(C)(C)OC(=O)c1cn(CC(=O)O)c2ccccc12. The molecule has 0 fully saturated rings. The van der Waals surface area contributed by atoms with Gasteiger partial charge in [0.1, 0.15) is 12.1 Å². The highest BCUT2D eigenvalue weighted by molar-refractivity contribution is 6.04. The highest BCUT2D eigenvalue weighted by atomic mass is 16.6. The molecule has 0 spiro atoms. The summed E-state index contributed by atoms with van der Waals surface area (Å²) in [6.07, 6.45) is 1.53. The Morgan fingerprint density at radius 3 is 2.32 bits per heavy atom. The summed E-state index contributed by atoms with van der Waals surface area (Å²) in [5.41, 5.74) is 0.500. The minimum atomic E-state index is -0.957. The summed E-state index contributed by atoms with van der Waals surface area (Å²) in [5, 5.41) is 9.62. The Morgan fingerprint density at radius 1 is 1.18 bits per heavy atom. The molecule has 2 rings (SSSR count). The first-order valence-electron chi connectivity index (χ1n) is 7.31. The van der Waals surface area contributed by atoms with Crippen LogP contribution in [-0.2, 0) is 16.1 Å². The van der Waals surface area contributed by atoms with Crippen LogP contribution in [0.25, 0.3) is 10.9 Å². The summed E-state index contributed by atoms with van der Waals surface area (Å²) >= 11 is 0. The van der Waals surface area contributed by atoms with Crippen LogP contribution >= 0.6 is 0 Å². The number of hydrogen-bond donors (Lipinski definition) is 1. The molecule has 5 heteroatoms. The van der Waals surface area contributed by atoms with E-state index >= 15 is 0 Å². The molecule has 0 radical (unpaired) electrons. The molecule has 120 valence electrons. The topological polar surface area (TPSA) is 68.5 Å². The predicted molar refractivity (Wildman–Crippen MR) is 86.1 cm³/mol. The number of para-hydroxylation sites is 1.